The van der Waals surface area contributed by atoms with E-state index < -0.39 is 6.29 Å². The van der Waals surface area contributed by atoms with Crippen molar-refractivity contribution in [2.45, 2.75) is 44.6 Å². The van der Waals surface area contributed by atoms with Crippen molar-refractivity contribution < 1.29 is 9.47 Å². The smallest absolute Gasteiger partial charge is 0.231 e. The van der Waals surface area contributed by atoms with E-state index in [0.717, 1.165) is 29.9 Å². The molecule has 0 amide bonds. The van der Waals surface area contributed by atoms with E-state index in [4.69, 9.17) is 20.9 Å². The van der Waals surface area contributed by atoms with Crippen molar-refractivity contribution >= 4 is 5.96 Å². The number of benzene rings is 1. The third-order valence-electron chi connectivity index (χ3n) is 3.86. The number of nitrogens with two attached hydrogens (primary N) is 2. The Morgan fingerprint density at radius 1 is 1.23 bits per heavy atom. The summed E-state index contributed by atoms with van der Waals surface area (Å²) >= 11 is 0. The first-order valence-corrected chi connectivity index (χ1v) is 7.68. The van der Waals surface area contributed by atoms with Gasteiger partial charge in [0.15, 0.2) is 17.5 Å². The molecule has 1 heterocycles. The summed E-state index contributed by atoms with van der Waals surface area (Å²) in [5.41, 5.74) is 12.3. The molecule has 0 unspecified atom stereocenters. The van der Waals surface area contributed by atoms with E-state index in [0.29, 0.717) is 18.5 Å². The number of rotatable bonds is 4. The van der Waals surface area contributed by atoms with E-state index in [-0.39, 0.29) is 6.79 Å². The molecule has 0 radical (unpaired) electrons. The van der Waals surface area contributed by atoms with Crippen LogP contribution in [-0.2, 0) is 6.54 Å². The van der Waals surface area contributed by atoms with Gasteiger partial charge >= 0.3 is 0 Å². The molecule has 2 aliphatic rings. The van der Waals surface area contributed by atoms with Gasteiger partial charge < -0.3 is 20.1 Å². The fraction of sp³-hybridized carbons (Fsp3) is 0.533. The summed E-state index contributed by atoms with van der Waals surface area (Å²) in [6, 6.07) is 6.27. The van der Waals surface area contributed by atoms with Crippen LogP contribution >= 0.6 is 0 Å². The first kappa shape index (κ1) is 14.9. The van der Waals surface area contributed by atoms with Gasteiger partial charge in [0.2, 0.25) is 6.79 Å². The Kier molecular flexibility index (Phi) is 4.65. The molecule has 1 fully saturated rings. The van der Waals surface area contributed by atoms with Crippen LogP contribution in [0.2, 0.25) is 0 Å². The highest BCUT2D eigenvalue weighted by Gasteiger charge is 2.17. The Morgan fingerprint density at radius 2 is 2.00 bits per heavy atom. The van der Waals surface area contributed by atoms with Gasteiger partial charge in [0.1, 0.15) is 6.29 Å². The van der Waals surface area contributed by atoms with Crippen LogP contribution < -0.4 is 31.6 Å². The third kappa shape index (κ3) is 3.80. The Bertz CT molecular complexity index is 541. The van der Waals surface area contributed by atoms with Crippen LogP contribution in [0.4, 0.5) is 0 Å². The number of fused-ring (bicyclic) bond motifs is 1. The molecule has 7 nitrogen and oxygen atoms in total. The van der Waals surface area contributed by atoms with E-state index in [1.54, 1.807) is 0 Å². The molecule has 0 spiro atoms. The lowest BCUT2D eigenvalue weighted by Crippen LogP contribution is -2.54. The zero-order valence-corrected chi connectivity index (χ0v) is 12.5. The maximum Gasteiger partial charge on any atom is 0.231 e. The van der Waals surface area contributed by atoms with Crippen LogP contribution in [0.25, 0.3) is 0 Å². The molecular formula is C15H23N5O2. The molecule has 120 valence electrons. The SMILES string of the molecule is NC(N)NC(=NCc1ccc2c(c1)OCO2)NC1CCCC1. The van der Waals surface area contributed by atoms with Crippen LogP contribution in [0.3, 0.4) is 0 Å². The van der Waals surface area contributed by atoms with Crippen LogP contribution in [0.5, 0.6) is 11.5 Å². The molecule has 1 aromatic carbocycles. The minimum Gasteiger partial charge on any atom is -0.454 e. The van der Waals surface area contributed by atoms with E-state index in [2.05, 4.69) is 15.6 Å². The number of aliphatic imine (C=N–C) groups is 1. The fourth-order valence-electron chi connectivity index (χ4n) is 2.76. The van der Waals surface area contributed by atoms with E-state index in [1.807, 2.05) is 18.2 Å². The lowest BCUT2D eigenvalue weighted by molar-refractivity contribution is 0.174. The summed E-state index contributed by atoms with van der Waals surface area (Å²) in [5, 5.41) is 6.36. The van der Waals surface area contributed by atoms with E-state index in [1.165, 1.54) is 12.8 Å². The second-order valence-electron chi connectivity index (χ2n) is 5.65. The Hall–Kier alpha value is -1.99. The van der Waals surface area contributed by atoms with Crippen molar-refractivity contribution in [2.24, 2.45) is 16.5 Å². The fourth-order valence-corrected chi connectivity index (χ4v) is 2.76. The molecule has 22 heavy (non-hydrogen) atoms. The van der Waals surface area contributed by atoms with Crippen molar-refractivity contribution in [3.63, 3.8) is 0 Å². The molecule has 6 N–H and O–H groups in total. The molecule has 0 bridgehead atoms. The Morgan fingerprint density at radius 3 is 2.77 bits per heavy atom. The maximum atomic E-state index is 5.62. The van der Waals surface area contributed by atoms with Gasteiger partial charge in [-0.25, -0.2) is 4.99 Å². The van der Waals surface area contributed by atoms with Gasteiger partial charge in [-0.2, -0.15) is 0 Å². The minimum atomic E-state index is -0.635. The highest BCUT2D eigenvalue weighted by molar-refractivity contribution is 5.80. The molecule has 0 atom stereocenters. The summed E-state index contributed by atoms with van der Waals surface area (Å²) in [7, 11) is 0. The Balaban J connectivity index is 1.65. The van der Waals surface area contributed by atoms with Crippen LogP contribution in [-0.4, -0.2) is 25.1 Å². The van der Waals surface area contributed by atoms with Crippen LogP contribution in [0.1, 0.15) is 31.2 Å². The normalized spacial score (nSPS) is 18.0. The van der Waals surface area contributed by atoms with Gasteiger partial charge in [-0.05, 0) is 30.5 Å². The molecule has 1 aliphatic heterocycles. The number of nitrogens with one attached hydrogen (secondary N) is 2. The van der Waals surface area contributed by atoms with Crippen molar-refractivity contribution in [2.75, 3.05) is 6.79 Å². The number of guanidine groups is 1. The van der Waals surface area contributed by atoms with E-state index in [9.17, 15) is 0 Å². The van der Waals surface area contributed by atoms with Gasteiger partial charge in [-0.1, -0.05) is 18.9 Å². The highest BCUT2D eigenvalue weighted by Crippen LogP contribution is 2.32. The second-order valence-corrected chi connectivity index (χ2v) is 5.65. The van der Waals surface area contributed by atoms with Gasteiger partial charge in [0.25, 0.3) is 0 Å². The van der Waals surface area contributed by atoms with Gasteiger partial charge in [-0.15, -0.1) is 0 Å². The zero-order valence-electron chi connectivity index (χ0n) is 12.5. The van der Waals surface area contributed by atoms with Crippen molar-refractivity contribution in [1.82, 2.24) is 10.6 Å². The topological polar surface area (TPSA) is 107 Å². The lowest BCUT2D eigenvalue weighted by Gasteiger charge is -2.19. The molecule has 3 rings (SSSR count). The largest absolute Gasteiger partial charge is 0.454 e. The van der Waals surface area contributed by atoms with Gasteiger partial charge in [-0.3, -0.25) is 11.5 Å². The number of nitrogens with zero attached hydrogens (tertiary/aromatic N) is 1. The molecule has 7 heteroatoms. The summed E-state index contributed by atoms with van der Waals surface area (Å²) in [6.07, 6.45) is 4.18. The monoisotopic (exact) mass is 305 g/mol. The predicted molar refractivity (Wildman–Crippen MR) is 84.4 cm³/mol. The average Bonchev–Trinajstić information content (AvgIpc) is 3.14. The van der Waals surface area contributed by atoms with Gasteiger partial charge in [0, 0.05) is 6.04 Å². The van der Waals surface area contributed by atoms with E-state index >= 15 is 0 Å². The average molecular weight is 305 g/mol. The first-order chi connectivity index (χ1) is 10.7. The maximum absolute atomic E-state index is 5.62. The van der Waals surface area contributed by atoms with Crippen molar-refractivity contribution in [1.29, 1.82) is 0 Å². The molecule has 1 saturated carbocycles. The highest BCUT2D eigenvalue weighted by atomic mass is 16.7. The summed E-state index contributed by atoms with van der Waals surface area (Å²) in [4.78, 5) is 4.56. The summed E-state index contributed by atoms with van der Waals surface area (Å²) in [5.74, 6) is 2.19. The molecule has 0 saturated heterocycles. The second kappa shape index (κ2) is 6.85. The molecule has 1 aromatic rings. The first-order valence-electron chi connectivity index (χ1n) is 7.68. The van der Waals surface area contributed by atoms with Crippen molar-refractivity contribution in [3.05, 3.63) is 23.8 Å². The number of hydrogen-bond acceptors (Lipinski definition) is 5. The zero-order chi connectivity index (χ0) is 15.4. The van der Waals surface area contributed by atoms with Crippen molar-refractivity contribution in [3.8, 4) is 11.5 Å². The third-order valence-corrected chi connectivity index (χ3v) is 3.86. The Labute approximate surface area is 130 Å². The summed E-state index contributed by atoms with van der Waals surface area (Å²) < 4.78 is 10.7. The van der Waals surface area contributed by atoms with Crippen LogP contribution in [0.15, 0.2) is 23.2 Å². The molecule has 1 aliphatic carbocycles. The quantitative estimate of drug-likeness (QED) is 0.368. The lowest BCUT2D eigenvalue weighted by atomic mass is 10.2. The molecule has 0 aromatic heterocycles. The summed E-state index contributed by atoms with van der Waals surface area (Å²) in [6.45, 7) is 0.797. The van der Waals surface area contributed by atoms with Gasteiger partial charge in [0.05, 0.1) is 6.54 Å². The standard InChI is InChI=1S/C15H23N5O2/c16-14(17)20-15(19-11-3-1-2-4-11)18-8-10-5-6-12-13(7-10)22-9-21-12/h5-7,11,14H,1-4,8-9,16-17H2,(H2,18,19,20). The molecular weight excluding hydrogens is 282 g/mol. The predicted octanol–water partition coefficient (Wildman–Crippen LogP) is 0.594. The van der Waals surface area contributed by atoms with Crippen LogP contribution in [0, 0.1) is 0 Å². The number of hydrogen-bond donors (Lipinski definition) is 4. The number of ether oxygens (including phenoxy) is 2. The minimum absolute atomic E-state index is 0.278.